The summed E-state index contributed by atoms with van der Waals surface area (Å²) in [6.07, 6.45) is 4.54. The molecule has 148 valence electrons. The molecule has 1 aromatic carbocycles. The minimum atomic E-state index is 0. The van der Waals surface area contributed by atoms with Crippen LogP contribution >= 0.6 is 11.3 Å². The maximum atomic E-state index is 12.9. The summed E-state index contributed by atoms with van der Waals surface area (Å²) in [6.45, 7) is 3.97. The summed E-state index contributed by atoms with van der Waals surface area (Å²) in [4.78, 5) is 18.7. The molecule has 3 aromatic rings. The molecule has 0 aliphatic rings. The topological polar surface area (TPSA) is 68.2 Å². The van der Waals surface area contributed by atoms with Crippen molar-refractivity contribution in [3.63, 3.8) is 0 Å². The van der Waals surface area contributed by atoms with E-state index >= 15 is 0 Å². The first kappa shape index (κ1) is 21.8. The van der Waals surface area contributed by atoms with Crippen LogP contribution < -0.4 is 22.0 Å². The molecule has 0 spiro atoms. The van der Waals surface area contributed by atoms with Gasteiger partial charge in [-0.25, -0.2) is 0 Å². The summed E-state index contributed by atoms with van der Waals surface area (Å²) in [5.41, 5.74) is 2.00. The fourth-order valence-corrected chi connectivity index (χ4v) is 3.68. The Balaban J connectivity index is 0.00000280. The van der Waals surface area contributed by atoms with Gasteiger partial charge in [-0.3, -0.25) is 14.7 Å². The van der Waals surface area contributed by atoms with Gasteiger partial charge in [0.2, 0.25) is 11.0 Å². The van der Waals surface area contributed by atoms with Gasteiger partial charge >= 0.3 is 0 Å². The number of benzene rings is 1. The molecule has 0 fully saturated rings. The number of nitrogens with zero attached hydrogens (tertiary/aromatic N) is 4. The average Bonchev–Trinajstić information content (AvgIpc) is 3.17. The highest BCUT2D eigenvalue weighted by Crippen LogP contribution is 2.29. The van der Waals surface area contributed by atoms with E-state index in [0.29, 0.717) is 18.0 Å². The lowest BCUT2D eigenvalue weighted by atomic mass is 10.1. The SMILES string of the molecule is COc1ccc(CCC(=O)N(c2nnc(-c3cccnc3)s2)C(C)C)cc1.[Cl-]. The highest BCUT2D eigenvalue weighted by molar-refractivity contribution is 7.18. The highest BCUT2D eigenvalue weighted by Gasteiger charge is 2.23. The Morgan fingerprint density at radius 2 is 1.93 bits per heavy atom. The molecule has 2 heterocycles. The average molecular weight is 418 g/mol. The van der Waals surface area contributed by atoms with Crippen LogP contribution in [0, 0.1) is 0 Å². The van der Waals surface area contributed by atoms with Crippen molar-refractivity contribution in [2.24, 2.45) is 0 Å². The number of hydrogen-bond donors (Lipinski definition) is 0. The van der Waals surface area contributed by atoms with Crippen LogP contribution in [-0.2, 0) is 11.2 Å². The molecular formula is C20H22ClN4O2S-. The van der Waals surface area contributed by atoms with Gasteiger partial charge in [0.1, 0.15) is 5.75 Å². The second-order valence-corrected chi connectivity index (χ2v) is 7.29. The van der Waals surface area contributed by atoms with Crippen LogP contribution in [-0.4, -0.2) is 34.2 Å². The third-order valence-corrected chi connectivity index (χ3v) is 5.07. The monoisotopic (exact) mass is 417 g/mol. The Hall–Kier alpha value is -2.51. The number of amides is 1. The minimum absolute atomic E-state index is 0. The first-order chi connectivity index (χ1) is 13.1. The van der Waals surface area contributed by atoms with Crippen LogP contribution in [0.3, 0.4) is 0 Å². The quantitative estimate of drug-likeness (QED) is 0.573. The Morgan fingerprint density at radius 3 is 2.54 bits per heavy atom. The third kappa shape index (κ3) is 5.27. The number of halogens is 1. The van der Waals surface area contributed by atoms with Gasteiger partial charge in [-0.05, 0) is 50.1 Å². The summed E-state index contributed by atoms with van der Waals surface area (Å²) in [5, 5.41) is 9.84. The fraction of sp³-hybridized carbons (Fsp3) is 0.300. The Kier molecular flexibility index (Phi) is 7.90. The van der Waals surface area contributed by atoms with Gasteiger partial charge in [-0.2, -0.15) is 0 Å². The van der Waals surface area contributed by atoms with Crippen molar-refractivity contribution in [2.75, 3.05) is 12.0 Å². The van der Waals surface area contributed by atoms with Gasteiger partial charge in [0.05, 0.1) is 7.11 Å². The number of anilines is 1. The summed E-state index contributed by atoms with van der Waals surface area (Å²) in [7, 11) is 1.64. The maximum Gasteiger partial charge on any atom is 0.229 e. The van der Waals surface area contributed by atoms with Crippen molar-refractivity contribution in [1.82, 2.24) is 15.2 Å². The molecule has 0 radical (unpaired) electrons. The van der Waals surface area contributed by atoms with Gasteiger partial charge in [0, 0.05) is 30.4 Å². The standard InChI is InChI=1S/C20H22N4O2S.ClH/c1-14(2)24(18(25)11-8-15-6-9-17(26-3)10-7-15)20-23-22-19(27-20)16-5-4-12-21-13-16;/h4-7,9-10,12-14H,8,11H2,1-3H3;1H/p-1. The number of rotatable bonds is 7. The molecular weight excluding hydrogens is 396 g/mol. The number of pyridine rings is 1. The zero-order chi connectivity index (χ0) is 19.2. The number of ether oxygens (including phenoxy) is 1. The van der Waals surface area contributed by atoms with E-state index in [1.54, 1.807) is 24.4 Å². The van der Waals surface area contributed by atoms with Gasteiger partial charge in [0.25, 0.3) is 0 Å². The smallest absolute Gasteiger partial charge is 0.229 e. The van der Waals surface area contributed by atoms with Crippen LogP contribution in [0.4, 0.5) is 5.13 Å². The lowest BCUT2D eigenvalue weighted by Gasteiger charge is -2.23. The van der Waals surface area contributed by atoms with Crippen molar-refractivity contribution >= 4 is 22.4 Å². The molecule has 8 heteroatoms. The van der Waals surface area contributed by atoms with Gasteiger partial charge < -0.3 is 17.1 Å². The van der Waals surface area contributed by atoms with E-state index in [1.165, 1.54) is 11.3 Å². The zero-order valence-corrected chi connectivity index (χ0v) is 17.6. The molecule has 0 saturated heterocycles. The molecule has 0 aliphatic heterocycles. The van der Waals surface area contributed by atoms with Crippen molar-refractivity contribution in [3.8, 4) is 16.3 Å². The normalized spacial score (nSPS) is 10.4. The molecule has 0 saturated carbocycles. The molecule has 0 bridgehead atoms. The molecule has 3 rings (SSSR count). The van der Waals surface area contributed by atoms with E-state index in [9.17, 15) is 4.79 Å². The number of carbonyl (C=O) groups excluding carboxylic acids is 1. The van der Waals surface area contributed by atoms with Gasteiger partial charge in [-0.15, -0.1) is 10.2 Å². The predicted molar refractivity (Wildman–Crippen MR) is 107 cm³/mol. The van der Waals surface area contributed by atoms with Gasteiger partial charge in [-0.1, -0.05) is 23.5 Å². The van der Waals surface area contributed by atoms with Crippen LogP contribution in [0.15, 0.2) is 48.8 Å². The third-order valence-electron chi connectivity index (χ3n) is 4.10. The number of carbonyl (C=O) groups is 1. The van der Waals surface area contributed by atoms with Crippen molar-refractivity contribution in [1.29, 1.82) is 0 Å². The molecule has 0 N–H and O–H groups in total. The number of aryl methyl sites for hydroxylation is 1. The molecule has 0 aliphatic carbocycles. The van der Waals surface area contributed by atoms with E-state index in [0.717, 1.165) is 21.9 Å². The van der Waals surface area contributed by atoms with Crippen LogP contribution in [0.5, 0.6) is 5.75 Å². The van der Waals surface area contributed by atoms with Crippen LogP contribution in [0.1, 0.15) is 25.8 Å². The maximum absolute atomic E-state index is 12.9. The Labute approximate surface area is 175 Å². The molecule has 0 unspecified atom stereocenters. The molecule has 2 aromatic heterocycles. The largest absolute Gasteiger partial charge is 1.00 e. The second-order valence-electron chi connectivity index (χ2n) is 6.34. The fourth-order valence-electron chi connectivity index (χ4n) is 2.70. The zero-order valence-electron chi connectivity index (χ0n) is 16.0. The molecule has 1 amide bonds. The van der Waals surface area contributed by atoms with E-state index in [4.69, 9.17) is 4.74 Å². The van der Waals surface area contributed by atoms with E-state index in [1.807, 2.05) is 50.2 Å². The minimum Gasteiger partial charge on any atom is -1.00 e. The van der Waals surface area contributed by atoms with Crippen LogP contribution in [0.2, 0.25) is 0 Å². The van der Waals surface area contributed by atoms with Gasteiger partial charge in [0.15, 0.2) is 5.01 Å². The Morgan fingerprint density at radius 1 is 1.18 bits per heavy atom. The van der Waals surface area contributed by atoms with Crippen molar-refractivity contribution in [3.05, 3.63) is 54.4 Å². The lowest BCUT2D eigenvalue weighted by molar-refractivity contribution is -0.118. The number of hydrogen-bond acceptors (Lipinski definition) is 6. The molecule has 0 atom stereocenters. The molecule has 28 heavy (non-hydrogen) atoms. The second kappa shape index (κ2) is 10.1. The molecule has 6 nitrogen and oxygen atoms in total. The first-order valence-electron chi connectivity index (χ1n) is 8.77. The van der Waals surface area contributed by atoms with E-state index < -0.39 is 0 Å². The van der Waals surface area contributed by atoms with Crippen LogP contribution in [0.25, 0.3) is 10.6 Å². The van der Waals surface area contributed by atoms with E-state index in [-0.39, 0.29) is 24.4 Å². The van der Waals surface area contributed by atoms with Crippen molar-refractivity contribution in [2.45, 2.75) is 32.7 Å². The number of aromatic nitrogens is 3. The summed E-state index contributed by atoms with van der Waals surface area (Å²) in [6, 6.07) is 11.6. The summed E-state index contributed by atoms with van der Waals surface area (Å²) >= 11 is 1.40. The van der Waals surface area contributed by atoms with E-state index in [2.05, 4.69) is 15.2 Å². The lowest BCUT2D eigenvalue weighted by Crippen LogP contribution is -3.00. The number of methoxy groups -OCH3 is 1. The summed E-state index contributed by atoms with van der Waals surface area (Å²) in [5.74, 6) is 0.848. The van der Waals surface area contributed by atoms with Crippen molar-refractivity contribution < 1.29 is 21.9 Å². The predicted octanol–water partition coefficient (Wildman–Crippen LogP) is 0.987. The Bertz CT molecular complexity index is 885. The summed E-state index contributed by atoms with van der Waals surface area (Å²) < 4.78 is 5.17. The first-order valence-corrected chi connectivity index (χ1v) is 9.59. The highest BCUT2D eigenvalue weighted by atomic mass is 35.5.